The van der Waals surface area contributed by atoms with Crippen LogP contribution < -0.4 is 0 Å². The van der Waals surface area contributed by atoms with E-state index in [4.69, 9.17) is 4.74 Å². The fraction of sp³-hybridized carbons (Fsp3) is 0.556. The molecule has 2 aromatic rings. The number of ether oxygens (including phenoxy) is 1. The molecule has 0 radical (unpaired) electrons. The van der Waals surface area contributed by atoms with Crippen LogP contribution in [0.5, 0.6) is 0 Å². The molecule has 1 aliphatic carbocycles. The van der Waals surface area contributed by atoms with E-state index in [0.717, 1.165) is 31.6 Å². The van der Waals surface area contributed by atoms with Crippen molar-refractivity contribution in [3.8, 4) is 0 Å². The van der Waals surface area contributed by atoms with E-state index in [1.54, 1.807) is 0 Å². The zero-order valence-electron chi connectivity index (χ0n) is 18.5. The maximum absolute atomic E-state index is 6.02. The van der Waals surface area contributed by atoms with Crippen molar-refractivity contribution in [1.29, 1.82) is 0 Å². The van der Waals surface area contributed by atoms with Gasteiger partial charge in [0.1, 0.15) is 0 Å². The smallest absolute Gasteiger partial charge is 0.0717 e. The summed E-state index contributed by atoms with van der Waals surface area (Å²) < 4.78 is 6.02. The van der Waals surface area contributed by atoms with Crippen LogP contribution in [0.4, 0.5) is 0 Å². The molecule has 4 rings (SSSR count). The molecule has 0 aromatic heterocycles. The first kappa shape index (κ1) is 20.6. The Morgan fingerprint density at radius 3 is 2.10 bits per heavy atom. The predicted molar refractivity (Wildman–Crippen MR) is 121 cm³/mol. The Morgan fingerprint density at radius 1 is 0.862 bits per heavy atom. The van der Waals surface area contributed by atoms with E-state index in [0.29, 0.717) is 0 Å². The van der Waals surface area contributed by atoms with Crippen LogP contribution in [-0.2, 0) is 23.3 Å². The number of benzene rings is 2. The Morgan fingerprint density at radius 2 is 1.48 bits per heavy atom. The Bertz CT molecular complexity index is 760. The summed E-state index contributed by atoms with van der Waals surface area (Å²) in [5, 5.41) is 0. The van der Waals surface area contributed by atoms with Crippen LogP contribution in [0, 0.1) is 5.92 Å². The molecule has 2 aliphatic rings. The van der Waals surface area contributed by atoms with E-state index >= 15 is 0 Å². The van der Waals surface area contributed by atoms with E-state index in [1.807, 2.05) is 0 Å². The van der Waals surface area contributed by atoms with Gasteiger partial charge in [-0.2, -0.15) is 0 Å². The molecule has 0 unspecified atom stereocenters. The standard InChI is InChI=1S/C27H37NO/c1-27(2,3)26-12-8-22(9-13-26)19-29-20-23-16-25(17-23)24-10-6-21(7-11-24)18-28-14-4-5-15-28/h6-13,23,25H,4-5,14-20H2,1-3H3. The maximum atomic E-state index is 6.02. The van der Waals surface area contributed by atoms with E-state index in [-0.39, 0.29) is 5.41 Å². The SMILES string of the molecule is CC(C)(C)c1ccc(COCC2CC(c3ccc(CN4CCCC4)cc3)C2)cc1. The number of likely N-dealkylation sites (tertiary alicyclic amines) is 1. The lowest BCUT2D eigenvalue weighted by atomic mass is 9.72. The molecule has 2 aromatic carbocycles. The molecule has 29 heavy (non-hydrogen) atoms. The van der Waals surface area contributed by atoms with Gasteiger partial charge >= 0.3 is 0 Å². The molecule has 0 bridgehead atoms. The first-order valence-corrected chi connectivity index (χ1v) is 11.5. The minimum absolute atomic E-state index is 0.215. The second-order valence-corrected chi connectivity index (χ2v) is 10.2. The largest absolute Gasteiger partial charge is 0.376 e. The second kappa shape index (κ2) is 9.02. The molecule has 1 aliphatic heterocycles. The molecule has 2 nitrogen and oxygen atoms in total. The number of hydrogen-bond acceptors (Lipinski definition) is 2. The van der Waals surface area contributed by atoms with Crippen molar-refractivity contribution in [3.63, 3.8) is 0 Å². The fourth-order valence-corrected chi connectivity index (χ4v) is 4.68. The third kappa shape index (κ3) is 5.49. The average molecular weight is 392 g/mol. The molecule has 1 saturated heterocycles. The lowest BCUT2D eigenvalue weighted by Crippen LogP contribution is -2.26. The monoisotopic (exact) mass is 391 g/mol. The number of nitrogens with zero attached hydrogens (tertiary/aromatic N) is 1. The molecule has 0 N–H and O–H groups in total. The van der Waals surface area contributed by atoms with Crippen molar-refractivity contribution in [2.75, 3.05) is 19.7 Å². The van der Waals surface area contributed by atoms with Gasteiger partial charge in [-0.3, -0.25) is 4.90 Å². The topological polar surface area (TPSA) is 12.5 Å². The van der Waals surface area contributed by atoms with Crippen LogP contribution in [0.2, 0.25) is 0 Å². The van der Waals surface area contributed by atoms with Gasteiger partial charge in [0.15, 0.2) is 0 Å². The highest BCUT2D eigenvalue weighted by Gasteiger charge is 2.30. The van der Waals surface area contributed by atoms with Gasteiger partial charge in [0.05, 0.1) is 6.61 Å². The molecule has 0 atom stereocenters. The summed E-state index contributed by atoms with van der Waals surface area (Å²) in [6.07, 6.45) is 5.28. The predicted octanol–water partition coefficient (Wildman–Crippen LogP) is 6.29. The van der Waals surface area contributed by atoms with Crippen LogP contribution in [0.15, 0.2) is 48.5 Å². The Labute approximate surface area is 177 Å². The van der Waals surface area contributed by atoms with Crippen LogP contribution >= 0.6 is 0 Å². The summed E-state index contributed by atoms with van der Waals surface area (Å²) in [5.41, 5.74) is 5.86. The Kier molecular flexibility index (Phi) is 6.41. The minimum Gasteiger partial charge on any atom is -0.376 e. The second-order valence-electron chi connectivity index (χ2n) is 10.2. The molecule has 2 heteroatoms. The zero-order chi connectivity index (χ0) is 20.3. The van der Waals surface area contributed by atoms with Crippen LogP contribution in [-0.4, -0.2) is 24.6 Å². The normalized spacial score (nSPS) is 22.6. The highest BCUT2D eigenvalue weighted by molar-refractivity contribution is 5.28. The van der Waals surface area contributed by atoms with Crippen molar-refractivity contribution in [1.82, 2.24) is 4.90 Å². The van der Waals surface area contributed by atoms with Gasteiger partial charge in [0.25, 0.3) is 0 Å². The van der Waals surface area contributed by atoms with Crippen LogP contribution in [0.25, 0.3) is 0 Å². The molecular formula is C27H37NO. The van der Waals surface area contributed by atoms with Gasteiger partial charge in [-0.15, -0.1) is 0 Å². The van der Waals surface area contributed by atoms with Crippen molar-refractivity contribution < 1.29 is 4.74 Å². The molecule has 1 saturated carbocycles. The van der Waals surface area contributed by atoms with Crippen molar-refractivity contribution in [3.05, 3.63) is 70.8 Å². The van der Waals surface area contributed by atoms with Gasteiger partial charge < -0.3 is 4.74 Å². The van der Waals surface area contributed by atoms with Gasteiger partial charge in [-0.05, 0) is 78.3 Å². The highest BCUT2D eigenvalue weighted by atomic mass is 16.5. The molecular weight excluding hydrogens is 354 g/mol. The minimum atomic E-state index is 0.215. The summed E-state index contributed by atoms with van der Waals surface area (Å²) in [7, 11) is 0. The van der Waals surface area contributed by atoms with Crippen LogP contribution in [0.3, 0.4) is 0 Å². The molecule has 2 fully saturated rings. The van der Waals surface area contributed by atoms with Crippen LogP contribution in [0.1, 0.15) is 74.6 Å². The zero-order valence-corrected chi connectivity index (χ0v) is 18.5. The number of rotatable bonds is 7. The maximum Gasteiger partial charge on any atom is 0.0717 e. The van der Waals surface area contributed by atoms with Gasteiger partial charge in [-0.1, -0.05) is 69.3 Å². The Hall–Kier alpha value is -1.64. The third-order valence-corrected chi connectivity index (χ3v) is 6.73. The van der Waals surface area contributed by atoms with Gasteiger partial charge in [0.2, 0.25) is 0 Å². The third-order valence-electron chi connectivity index (χ3n) is 6.73. The summed E-state index contributed by atoms with van der Waals surface area (Å²) in [6, 6.07) is 18.3. The van der Waals surface area contributed by atoms with Crippen molar-refractivity contribution >= 4 is 0 Å². The van der Waals surface area contributed by atoms with Gasteiger partial charge in [0, 0.05) is 13.2 Å². The summed E-state index contributed by atoms with van der Waals surface area (Å²) in [4.78, 5) is 2.57. The molecule has 0 spiro atoms. The quantitative estimate of drug-likeness (QED) is 0.550. The summed E-state index contributed by atoms with van der Waals surface area (Å²) >= 11 is 0. The van der Waals surface area contributed by atoms with E-state index in [1.165, 1.54) is 61.0 Å². The average Bonchev–Trinajstić information content (AvgIpc) is 3.17. The number of hydrogen-bond donors (Lipinski definition) is 0. The van der Waals surface area contributed by atoms with E-state index in [9.17, 15) is 0 Å². The summed E-state index contributed by atoms with van der Waals surface area (Å²) in [6.45, 7) is 12.1. The fourth-order valence-electron chi connectivity index (χ4n) is 4.68. The van der Waals surface area contributed by atoms with E-state index in [2.05, 4.69) is 74.2 Å². The van der Waals surface area contributed by atoms with Crippen molar-refractivity contribution in [2.45, 2.75) is 70.9 Å². The lowest BCUT2D eigenvalue weighted by molar-refractivity contribution is 0.0508. The first-order valence-electron chi connectivity index (χ1n) is 11.5. The Balaban J connectivity index is 1.16. The van der Waals surface area contributed by atoms with E-state index < -0.39 is 0 Å². The summed E-state index contributed by atoms with van der Waals surface area (Å²) in [5.74, 6) is 1.45. The first-order chi connectivity index (χ1) is 14.0. The molecule has 0 amide bonds. The highest BCUT2D eigenvalue weighted by Crippen LogP contribution is 2.41. The van der Waals surface area contributed by atoms with Crippen molar-refractivity contribution in [2.24, 2.45) is 5.92 Å². The van der Waals surface area contributed by atoms with Gasteiger partial charge in [-0.25, -0.2) is 0 Å². The molecule has 156 valence electrons. The lowest BCUT2D eigenvalue weighted by Gasteiger charge is -2.35. The molecule has 1 heterocycles.